The Morgan fingerprint density at radius 1 is 1.42 bits per heavy atom. The van der Waals surface area contributed by atoms with Crippen molar-refractivity contribution in [1.29, 1.82) is 0 Å². The van der Waals surface area contributed by atoms with Crippen molar-refractivity contribution in [3.8, 4) is 0 Å². The third-order valence-electron chi connectivity index (χ3n) is 2.54. The molecule has 0 bridgehead atoms. The molecular weight excluding hydrogens is 366 g/mol. The number of nitrogens with two attached hydrogens (primary N) is 1. The first-order valence-electron chi connectivity index (χ1n) is 7.91. The highest BCUT2D eigenvalue weighted by atomic mass is 32.1. The van der Waals surface area contributed by atoms with Gasteiger partial charge >= 0.3 is 11.7 Å². The number of aliphatic hydroxyl groups excluding tert-OH is 3. The van der Waals surface area contributed by atoms with Crippen molar-refractivity contribution in [2.45, 2.75) is 46.1 Å². The third kappa shape index (κ3) is 12.7. The molecule has 11 heteroatoms. The van der Waals surface area contributed by atoms with E-state index in [-0.39, 0.29) is 36.4 Å². The lowest BCUT2D eigenvalue weighted by Crippen LogP contribution is -2.26. The molecule has 26 heavy (non-hydrogen) atoms. The monoisotopic (exact) mass is 395 g/mol. The number of carbonyl (C=O) groups excluding carboxylic acids is 1. The first kappa shape index (κ1) is 26.6. The van der Waals surface area contributed by atoms with Gasteiger partial charge in [0.05, 0.1) is 13.2 Å². The molecule has 0 aliphatic rings. The number of aryl methyl sites for hydroxylation is 1. The van der Waals surface area contributed by atoms with Gasteiger partial charge in [-0.05, 0) is 0 Å². The minimum Gasteiger partial charge on any atom is -0.438 e. The number of esters is 1. The molecule has 0 aliphatic carbocycles. The summed E-state index contributed by atoms with van der Waals surface area (Å²) < 4.78 is 10.2. The van der Waals surface area contributed by atoms with Crippen LogP contribution in [0.1, 0.15) is 32.3 Å². The van der Waals surface area contributed by atoms with Crippen LogP contribution in [0.15, 0.2) is 11.0 Å². The van der Waals surface area contributed by atoms with Gasteiger partial charge in [0, 0.05) is 31.8 Å². The molecule has 1 heterocycles. The second-order valence-corrected chi connectivity index (χ2v) is 5.21. The molecule has 152 valence electrons. The molecular formula is C15H29N3O7S. The maximum Gasteiger partial charge on any atom is 0.326 e. The molecule has 0 saturated carbocycles. The van der Waals surface area contributed by atoms with E-state index in [0.717, 1.165) is 0 Å². The van der Waals surface area contributed by atoms with Gasteiger partial charge in [0.15, 0.2) is 13.1 Å². The predicted octanol–water partition coefficient (Wildman–Crippen LogP) is -0.393. The van der Waals surface area contributed by atoms with Crippen LogP contribution in [-0.4, -0.2) is 57.6 Å². The lowest BCUT2D eigenvalue weighted by atomic mass is 10.3. The second-order valence-electron chi connectivity index (χ2n) is 4.80. The van der Waals surface area contributed by atoms with Crippen molar-refractivity contribution in [3.05, 3.63) is 26.9 Å². The van der Waals surface area contributed by atoms with Gasteiger partial charge < -0.3 is 35.1 Å². The Hall–Kier alpha value is -1.63. The van der Waals surface area contributed by atoms with E-state index in [1.165, 1.54) is 24.3 Å². The number of ether oxygens (including phenoxy) is 2. The summed E-state index contributed by atoms with van der Waals surface area (Å²) in [6.07, 6.45) is 2.10. The number of hydrogen-bond donors (Lipinski definition) is 5. The van der Waals surface area contributed by atoms with Gasteiger partial charge in [0.1, 0.15) is 4.64 Å². The molecule has 0 amide bonds. The van der Waals surface area contributed by atoms with E-state index >= 15 is 0 Å². The molecule has 0 spiro atoms. The zero-order valence-corrected chi connectivity index (χ0v) is 16.1. The quantitative estimate of drug-likeness (QED) is 0.235. The van der Waals surface area contributed by atoms with Crippen LogP contribution in [0.4, 0.5) is 0 Å². The van der Waals surface area contributed by atoms with Crippen LogP contribution in [0.5, 0.6) is 0 Å². The average molecular weight is 395 g/mol. The number of hydrogen-bond acceptors (Lipinski definition) is 9. The van der Waals surface area contributed by atoms with E-state index in [1.807, 2.05) is 0 Å². The maximum atomic E-state index is 11.4. The number of H-pyrrole nitrogens is 1. The van der Waals surface area contributed by atoms with Crippen molar-refractivity contribution >= 4 is 18.2 Å². The molecule has 0 saturated heterocycles. The first-order chi connectivity index (χ1) is 12.3. The molecule has 0 radical (unpaired) electrons. The summed E-state index contributed by atoms with van der Waals surface area (Å²) in [7, 11) is 1.38. The summed E-state index contributed by atoms with van der Waals surface area (Å²) in [4.78, 5) is 23.8. The van der Waals surface area contributed by atoms with Gasteiger partial charge in [-0.25, -0.2) is 4.79 Å². The Balaban J connectivity index is 0. The van der Waals surface area contributed by atoms with Gasteiger partial charge in [0.2, 0.25) is 0 Å². The molecule has 1 atom stereocenters. The molecule has 6 N–H and O–H groups in total. The predicted molar refractivity (Wildman–Crippen MR) is 97.6 cm³/mol. The van der Waals surface area contributed by atoms with Gasteiger partial charge in [0.25, 0.3) is 0 Å². The van der Waals surface area contributed by atoms with E-state index in [1.54, 1.807) is 0 Å². The fourth-order valence-electron chi connectivity index (χ4n) is 1.33. The Labute approximate surface area is 157 Å². The molecule has 0 aliphatic heterocycles. The smallest absolute Gasteiger partial charge is 0.326 e. The summed E-state index contributed by atoms with van der Waals surface area (Å²) in [5.74, 6) is -0.595. The van der Waals surface area contributed by atoms with Crippen LogP contribution in [0.25, 0.3) is 0 Å². The van der Waals surface area contributed by atoms with Crippen LogP contribution in [0.2, 0.25) is 0 Å². The van der Waals surface area contributed by atoms with Crippen LogP contribution in [0.3, 0.4) is 0 Å². The minimum atomic E-state index is -0.910. The topological polar surface area (TPSA) is 160 Å². The lowest BCUT2D eigenvalue weighted by molar-refractivity contribution is -0.149. The van der Waals surface area contributed by atoms with Gasteiger partial charge in [-0.3, -0.25) is 9.78 Å². The molecule has 1 aromatic rings. The Kier molecular flexibility index (Phi) is 17.2. The fraction of sp³-hybridized carbons (Fsp3) is 0.667. The van der Waals surface area contributed by atoms with Crippen molar-refractivity contribution in [2.24, 2.45) is 5.73 Å². The molecule has 10 nitrogen and oxygen atoms in total. The van der Waals surface area contributed by atoms with Crippen molar-refractivity contribution in [1.82, 2.24) is 9.55 Å². The number of methoxy groups -OCH3 is 1. The standard InChI is InChI=1S/C9H14N2O4S.C3H7NO3.C3H8/c1-15-7(13)2-3-11-4-6(5-12)8(16)10-9(11)14;4-1-3(6)7-2-5;1-3-2/h4,7,12-13H,2-3,5H2,1H3,(H,10,14,16);5H,1-2,4H2;3H2,1-2H3/t7-;;/m0../s1. The largest absolute Gasteiger partial charge is 0.438 e. The van der Waals surface area contributed by atoms with Crippen molar-refractivity contribution in [2.75, 3.05) is 20.4 Å². The van der Waals surface area contributed by atoms with E-state index < -0.39 is 19.1 Å². The highest BCUT2D eigenvalue weighted by Crippen LogP contribution is 2.00. The summed E-state index contributed by atoms with van der Waals surface area (Å²) in [6, 6.07) is 0. The number of aliphatic hydroxyl groups is 3. The normalized spacial score (nSPS) is 10.7. The Morgan fingerprint density at radius 3 is 2.38 bits per heavy atom. The van der Waals surface area contributed by atoms with Crippen LogP contribution in [0, 0.1) is 4.64 Å². The van der Waals surface area contributed by atoms with Crippen molar-refractivity contribution in [3.63, 3.8) is 0 Å². The molecule has 0 aromatic carbocycles. The first-order valence-corrected chi connectivity index (χ1v) is 8.32. The summed E-state index contributed by atoms with van der Waals surface area (Å²) >= 11 is 4.85. The summed E-state index contributed by atoms with van der Waals surface area (Å²) in [6.45, 7) is 3.53. The number of nitrogens with zero attached hydrogens (tertiary/aromatic N) is 1. The maximum absolute atomic E-state index is 11.4. The average Bonchev–Trinajstić information content (AvgIpc) is 2.62. The van der Waals surface area contributed by atoms with Gasteiger partial charge in [-0.1, -0.05) is 32.5 Å². The highest BCUT2D eigenvalue weighted by molar-refractivity contribution is 7.71. The number of nitrogens with one attached hydrogen (secondary N) is 1. The fourth-order valence-corrected chi connectivity index (χ4v) is 1.54. The second kappa shape index (κ2) is 16.8. The van der Waals surface area contributed by atoms with Crippen molar-refractivity contribution < 1.29 is 29.6 Å². The number of aromatic amines is 1. The zero-order chi connectivity index (χ0) is 20.5. The van der Waals surface area contributed by atoms with E-state index in [0.29, 0.717) is 5.56 Å². The summed E-state index contributed by atoms with van der Waals surface area (Å²) in [5.41, 5.74) is 4.88. The van der Waals surface area contributed by atoms with Crippen LogP contribution < -0.4 is 11.4 Å². The lowest BCUT2D eigenvalue weighted by Gasteiger charge is -2.10. The van der Waals surface area contributed by atoms with Crippen LogP contribution in [-0.2, 0) is 27.4 Å². The Bertz CT molecular complexity index is 604. The number of aromatic nitrogens is 2. The molecule has 0 unspecified atom stereocenters. The number of carbonyl (C=O) groups is 1. The minimum absolute atomic E-state index is 0.180. The number of rotatable bonds is 7. The zero-order valence-electron chi connectivity index (χ0n) is 15.3. The molecule has 1 rings (SSSR count). The van der Waals surface area contributed by atoms with E-state index in [2.05, 4.69) is 28.3 Å². The van der Waals surface area contributed by atoms with Gasteiger partial charge in [-0.2, -0.15) is 0 Å². The summed E-state index contributed by atoms with van der Waals surface area (Å²) in [5, 5.41) is 26.0. The van der Waals surface area contributed by atoms with E-state index in [9.17, 15) is 14.7 Å². The molecule has 0 fully saturated rings. The van der Waals surface area contributed by atoms with E-state index in [4.69, 9.17) is 28.2 Å². The third-order valence-corrected chi connectivity index (χ3v) is 2.90. The SMILES string of the molecule is CCC.CO[C@H](O)CCn1cc(CO)c(=S)[nH]c1=O.NCC(=O)OCO. The highest BCUT2D eigenvalue weighted by Gasteiger charge is 2.05. The Morgan fingerprint density at radius 2 is 2.00 bits per heavy atom. The van der Waals surface area contributed by atoms with Crippen LogP contribution >= 0.6 is 12.2 Å². The molecule has 1 aromatic heterocycles. The van der Waals surface area contributed by atoms with Gasteiger partial charge in [-0.15, -0.1) is 0 Å².